The van der Waals surface area contributed by atoms with E-state index in [1.807, 2.05) is 11.8 Å². The predicted molar refractivity (Wildman–Crippen MR) is 56.5 cm³/mol. The Morgan fingerprint density at radius 3 is 2.33 bits per heavy atom. The fourth-order valence-electron chi connectivity index (χ4n) is 2.21. The molecule has 1 N–H and O–H groups in total. The summed E-state index contributed by atoms with van der Waals surface area (Å²) in [4.78, 5) is 23.9. The molecule has 0 spiro atoms. The van der Waals surface area contributed by atoms with E-state index in [2.05, 4.69) is 0 Å². The average Bonchev–Trinajstić information content (AvgIpc) is 2.69. The summed E-state index contributed by atoms with van der Waals surface area (Å²) in [6, 6.07) is 0.358. The summed E-state index contributed by atoms with van der Waals surface area (Å²) in [7, 11) is 0. The van der Waals surface area contributed by atoms with Gasteiger partial charge in [0.15, 0.2) is 0 Å². The Morgan fingerprint density at radius 1 is 1.27 bits per heavy atom. The molecule has 0 aromatic heterocycles. The number of aliphatic carboxylic acids is 1. The molecule has 0 bridgehead atoms. The molecule has 1 fully saturated rings. The van der Waals surface area contributed by atoms with E-state index in [1.54, 1.807) is 0 Å². The minimum absolute atomic E-state index is 0.00759. The summed E-state index contributed by atoms with van der Waals surface area (Å²) in [5.41, 5.74) is 0. The van der Waals surface area contributed by atoms with Gasteiger partial charge in [-0.2, -0.15) is 0 Å². The Kier molecular flexibility index (Phi) is 4.59. The smallest absolute Gasteiger partial charge is 0.303 e. The minimum atomic E-state index is -0.897. The summed E-state index contributed by atoms with van der Waals surface area (Å²) in [6.07, 6.45) is 4.61. The largest absolute Gasteiger partial charge is 0.481 e. The molecule has 0 aromatic carbocycles. The molecular weight excluding hydrogens is 194 g/mol. The Morgan fingerprint density at radius 2 is 1.87 bits per heavy atom. The van der Waals surface area contributed by atoms with Crippen molar-refractivity contribution >= 4 is 11.9 Å². The Hall–Kier alpha value is -1.06. The maximum Gasteiger partial charge on any atom is 0.303 e. The normalized spacial score (nSPS) is 16.6. The second-order valence-corrected chi connectivity index (χ2v) is 4.01. The third-order valence-electron chi connectivity index (χ3n) is 2.98. The number of nitrogens with zero attached hydrogens (tertiary/aromatic N) is 1. The second-order valence-electron chi connectivity index (χ2n) is 4.01. The van der Waals surface area contributed by atoms with Crippen LogP contribution in [0.5, 0.6) is 0 Å². The van der Waals surface area contributed by atoms with Crippen LogP contribution in [0.2, 0.25) is 0 Å². The highest BCUT2D eigenvalue weighted by Gasteiger charge is 2.25. The fraction of sp³-hybridized carbons (Fsp3) is 0.818. The molecule has 4 heteroatoms. The molecule has 1 rings (SSSR count). The molecule has 15 heavy (non-hydrogen) atoms. The lowest BCUT2D eigenvalue weighted by atomic mass is 10.2. The number of carboxylic acids is 1. The molecule has 86 valence electrons. The third kappa shape index (κ3) is 3.53. The van der Waals surface area contributed by atoms with Gasteiger partial charge in [0.25, 0.3) is 0 Å². The molecule has 1 amide bonds. The first-order valence-corrected chi connectivity index (χ1v) is 5.66. The lowest BCUT2D eigenvalue weighted by Crippen LogP contribution is -2.38. The summed E-state index contributed by atoms with van der Waals surface area (Å²) in [5, 5.41) is 8.51. The molecule has 1 aliphatic rings. The van der Waals surface area contributed by atoms with E-state index in [-0.39, 0.29) is 18.7 Å². The van der Waals surface area contributed by atoms with Crippen molar-refractivity contribution in [3.63, 3.8) is 0 Å². The Bertz CT molecular complexity index is 234. The lowest BCUT2D eigenvalue weighted by Gasteiger charge is -2.27. The number of hydrogen-bond acceptors (Lipinski definition) is 2. The molecule has 1 saturated carbocycles. The molecule has 0 atom stereocenters. The molecule has 0 aliphatic heterocycles. The third-order valence-corrected chi connectivity index (χ3v) is 2.98. The van der Waals surface area contributed by atoms with Gasteiger partial charge in [0.05, 0.1) is 6.42 Å². The Balaban J connectivity index is 2.42. The van der Waals surface area contributed by atoms with Crippen LogP contribution in [-0.2, 0) is 9.59 Å². The number of amides is 1. The van der Waals surface area contributed by atoms with Crippen molar-refractivity contribution in [3.05, 3.63) is 0 Å². The first kappa shape index (κ1) is 12.0. The van der Waals surface area contributed by atoms with Crippen molar-refractivity contribution in [3.8, 4) is 0 Å². The topological polar surface area (TPSA) is 57.6 Å². The van der Waals surface area contributed by atoms with Crippen molar-refractivity contribution in [2.75, 3.05) is 6.54 Å². The minimum Gasteiger partial charge on any atom is -0.481 e. The van der Waals surface area contributed by atoms with E-state index in [4.69, 9.17) is 5.11 Å². The van der Waals surface area contributed by atoms with Gasteiger partial charge < -0.3 is 10.0 Å². The zero-order valence-electron chi connectivity index (χ0n) is 9.24. The van der Waals surface area contributed by atoms with Crippen LogP contribution in [0, 0.1) is 0 Å². The van der Waals surface area contributed by atoms with Crippen LogP contribution in [-0.4, -0.2) is 34.5 Å². The maximum atomic E-state index is 11.7. The summed E-state index contributed by atoms with van der Waals surface area (Å²) < 4.78 is 0. The number of carbonyl (C=O) groups is 2. The highest BCUT2D eigenvalue weighted by Crippen LogP contribution is 2.23. The van der Waals surface area contributed by atoms with Crippen molar-refractivity contribution in [2.24, 2.45) is 0 Å². The van der Waals surface area contributed by atoms with Crippen LogP contribution >= 0.6 is 0 Å². The zero-order valence-corrected chi connectivity index (χ0v) is 9.24. The van der Waals surface area contributed by atoms with E-state index in [0.717, 1.165) is 12.8 Å². The number of carboxylic acid groups (broad SMARTS) is 1. The van der Waals surface area contributed by atoms with Crippen molar-refractivity contribution in [2.45, 2.75) is 51.5 Å². The molecule has 0 unspecified atom stereocenters. The standard InChI is InChI=1S/C11H19NO3/c1-2-12(9-5-3-4-6-9)10(13)7-8-11(14)15/h9H,2-8H2,1H3,(H,14,15). The first-order valence-electron chi connectivity index (χ1n) is 5.66. The van der Waals surface area contributed by atoms with Crippen LogP contribution < -0.4 is 0 Å². The molecule has 4 nitrogen and oxygen atoms in total. The molecular formula is C11H19NO3. The highest BCUT2D eigenvalue weighted by atomic mass is 16.4. The SMILES string of the molecule is CCN(C(=O)CCC(=O)O)C1CCCC1. The lowest BCUT2D eigenvalue weighted by molar-refractivity contribution is -0.141. The van der Waals surface area contributed by atoms with Crippen LogP contribution in [0.25, 0.3) is 0 Å². The van der Waals surface area contributed by atoms with Crippen LogP contribution in [0.3, 0.4) is 0 Å². The maximum absolute atomic E-state index is 11.7. The van der Waals surface area contributed by atoms with E-state index < -0.39 is 5.97 Å². The van der Waals surface area contributed by atoms with Crippen molar-refractivity contribution < 1.29 is 14.7 Å². The van der Waals surface area contributed by atoms with Crippen molar-refractivity contribution in [1.82, 2.24) is 4.90 Å². The van der Waals surface area contributed by atoms with Gasteiger partial charge in [-0.25, -0.2) is 0 Å². The van der Waals surface area contributed by atoms with Crippen LogP contribution in [0.15, 0.2) is 0 Å². The van der Waals surface area contributed by atoms with Gasteiger partial charge in [-0.15, -0.1) is 0 Å². The van der Waals surface area contributed by atoms with Crippen LogP contribution in [0.1, 0.15) is 45.4 Å². The summed E-state index contributed by atoms with van der Waals surface area (Å²) in [6.45, 7) is 2.65. The quantitative estimate of drug-likeness (QED) is 0.755. The van der Waals surface area contributed by atoms with Gasteiger partial charge in [0.2, 0.25) is 5.91 Å². The van der Waals surface area contributed by atoms with E-state index in [9.17, 15) is 9.59 Å². The van der Waals surface area contributed by atoms with Crippen LogP contribution in [0.4, 0.5) is 0 Å². The average molecular weight is 213 g/mol. The van der Waals surface area contributed by atoms with Crippen molar-refractivity contribution in [1.29, 1.82) is 0 Å². The monoisotopic (exact) mass is 213 g/mol. The van der Waals surface area contributed by atoms with Gasteiger partial charge in [-0.05, 0) is 19.8 Å². The van der Waals surface area contributed by atoms with E-state index in [1.165, 1.54) is 12.8 Å². The second kappa shape index (κ2) is 5.73. The molecule has 0 saturated heterocycles. The van der Waals surface area contributed by atoms with Gasteiger partial charge in [-0.3, -0.25) is 9.59 Å². The molecule has 1 aliphatic carbocycles. The summed E-state index contributed by atoms with van der Waals surface area (Å²) >= 11 is 0. The number of rotatable bonds is 5. The Labute approximate surface area is 90.3 Å². The number of hydrogen-bond donors (Lipinski definition) is 1. The highest BCUT2D eigenvalue weighted by molar-refractivity contribution is 5.80. The van der Waals surface area contributed by atoms with E-state index >= 15 is 0 Å². The van der Waals surface area contributed by atoms with E-state index in [0.29, 0.717) is 12.6 Å². The summed E-state index contributed by atoms with van der Waals surface area (Å²) in [5.74, 6) is -0.905. The zero-order chi connectivity index (χ0) is 11.3. The fourth-order valence-corrected chi connectivity index (χ4v) is 2.21. The molecule has 0 aromatic rings. The van der Waals surface area contributed by atoms with Gasteiger partial charge in [0.1, 0.15) is 0 Å². The first-order chi connectivity index (χ1) is 7.15. The predicted octanol–water partition coefficient (Wildman–Crippen LogP) is 1.64. The number of carbonyl (C=O) groups excluding carboxylic acids is 1. The van der Waals surface area contributed by atoms with Gasteiger partial charge in [-0.1, -0.05) is 12.8 Å². The van der Waals surface area contributed by atoms with Gasteiger partial charge in [0, 0.05) is 19.0 Å². The molecule has 0 radical (unpaired) electrons. The molecule has 0 heterocycles. The van der Waals surface area contributed by atoms with Gasteiger partial charge >= 0.3 is 5.97 Å².